The lowest BCUT2D eigenvalue weighted by atomic mass is 10.2. The Labute approximate surface area is 92.6 Å². The van der Waals surface area contributed by atoms with Gasteiger partial charge in [-0.05, 0) is 31.2 Å². The van der Waals surface area contributed by atoms with Crippen LogP contribution in [0.3, 0.4) is 0 Å². The molecule has 3 aromatic heterocycles. The minimum absolute atomic E-state index is 0.703. The molecule has 3 heterocycles. The molecular formula is C12H10N4. The van der Waals surface area contributed by atoms with Gasteiger partial charge in [-0.2, -0.15) is 0 Å². The number of nitrogens with zero attached hydrogens (tertiary/aromatic N) is 4. The van der Waals surface area contributed by atoms with Crippen molar-refractivity contribution in [3.05, 3.63) is 48.5 Å². The normalized spacial score (nSPS) is 10.8. The van der Waals surface area contributed by atoms with Crippen LogP contribution in [0.5, 0.6) is 0 Å². The van der Waals surface area contributed by atoms with Crippen LogP contribution in [0.2, 0.25) is 0 Å². The van der Waals surface area contributed by atoms with Crippen LogP contribution in [-0.4, -0.2) is 19.6 Å². The molecule has 3 aromatic rings. The van der Waals surface area contributed by atoms with E-state index in [2.05, 4.69) is 15.1 Å². The molecule has 0 aliphatic carbocycles. The van der Waals surface area contributed by atoms with Gasteiger partial charge in [-0.1, -0.05) is 0 Å². The molecule has 0 N–H and O–H groups in total. The number of fused-ring (bicyclic) bond motifs is 1. The molecule has 0 aliphatic rings. The van der Waals surface area contributed by atoms with Gasteiger partial charge in [0.2, 0.25) is 0 Å². The second kappa shape index (κ2) is 3.41. The van der Waals surface area contributed by atoms with E-state index in [0.29, 0.717) is 5.82 Å². The van der Waals surface area contributed by atoms with Crippen LogP contribution in [0, 0.1) is 6.92 Å². The zero-order valence-electron chi connectivity index (χ0n) is 8.83. The number of hydrogen-bond acceptors (Lipinski definition) is 3. The van der Waals surface area contributed by atoms with Crippen LogP contribution < -0.4 is 0 Å². The predicted octanol–water partition coefficient (Wildman–Crippen LogP) is 2.10. The monoisotopic (exact) mass is 210 g/mol. The number of pyridine rings is 1. The van der Waals surface area contributed by atoms with E-state index in [9.17, 15) is 0 Å². The Balaban J connectivity index is 2.25. The first-order chi connectivity index (χ1) is 7.84. The second-order valence-electron chi connectivity index (χ2n) is 3.60. The first-order valence-corrected chi connectivity index (χ1v) is 5.07. The van der Waals surface area contributed by atoms with Gasteiger partial charge in [0.05, 0.1) is 11.2 Å². The smallest absolute Gasteiger partial charge is 0.181 e. The third-order valence-corrected chi connectivity index (χ3v) is 2.49. The lowest BCUT2D eigenvalue weighted by molar-refractivity contribution is 0.896. The quantitative estimate of drug-likeness (QED) is 0.617. The Kier molecular flexibility index (Phi) is 1.93. The molecule has 0 atom stereocenters. The maximum Gasteiger partial charge on any atom is 0.181 e. The van der Waals surface area contributed by atoms with E-state index in [-0.39, 0.29) is 0 Å². The Morgan fingerprint density at radius 3 is 2.94 bits per heavy atom. The van der Waals surface area contributed by atoms with Crippen molar-refractivity contribution < 1.29 is 0 Å². The summed E-state index contributed by atoms with van der Waals surface area (Å²) in [7, 11) is 0. The summed E-state index contributed by atoms with van der Waals surface area (Å²) < 4.78 is 1.84. The average Bonchev–Trinajstić information content (AvgIpc) is 2.79. The van der Waals surface area contributed by atoms with Gasteiger partial charge in [0.25, 0.3) is 0 Å². The molecule has 0 bridgehead atoms. The van der Waals surface area contributed by atoms with Crippen LogP contribution in [0.4, 0.5) is 0 Å². The molecule has 3 rings (SSSR count). The van der Waals surface area contributed by atoms with E-state index in [4.69, 9.17) is 0 Å². The van der Waals surface area contributed by atoms with Gasteiger partial charge in [0, 0.05) is 24.2 Å². The third-order valence-electron chi connectivity index (χ3n) is 2.49. The summed E-state index contributed by atoms with van der Waals surface area (Å²) in [4.78, 5) is 8.54. The van der Waals surface area contributed by atoms with Gasteiger partial charge in [-0.15, -0.1) is 5.10 Å². The maximum atomic E-state index is 4.47. The van der Waals surface area contributed by atoms with Crippen molar-refractivity contribution in [2.24, 2.45) is 0 Å². The van der Waals surface area contributed by atoms with Crippen LogP contribution >= 0.6 is 0 Å². The molecule has 0 fully saturated rings. The highest BCUT2D eigenvalue weighted by Gasteiger charge is 2.05. The van der Waals surface area contributed by atoms with Gasteiger partial charge in [0.15, 0.2) is 5.82 Å². The summed E-state index contributed by atoms with van der Waals surface area (Å²) >= 11 is 0. The van der Waals surface area contributed by atoms with E-state index in [1.54, 1.807) is 12.4 Å². The van der Waals surface area contributed by atoms with E-state index in [0.717, 1.165) is 16.8 Å². The van der Waals surface area contributed by atoms with Crippen molar-refractivity contribution in [1.29, 1.82) is 0 Å². The molecule has 0 amide bonds. The topological polar surface area (TPSA) is 43.1 Å². The van der Waals surface area contributed by atoms with Crippen molar-refractivity contribution in [2.45, 2.75) is 6.92 Å². The second-order valence-corrected chi connectivity index (χ2v) is 3.60. The van der Waals surface area contributed by atoms with Gasteiger partial charge < -0.3 is 0 Å². The highest BCUT2D eigenvalue weighted by molar-refractivity contribution is 5.57. The van der Waals surface area contributed by atoms with Crippen LogP contribution in [0.25, 0.3) is 16.9 Å². The Bertz CT molecular complexity index is 628. The summed E-state index contributed by atoms with van der Waals surface area (Å²) in [5.74, 6) is 0.703. The highest BCUT2D eigenvalue weighted by Crippen LogP contribution is 2.15. The van der Waals surface area contributed by atoms with Crippen LogP contribution in [-0.2, 0) is 0 Å². The standard InChI is InChI=1S/C12H10N4/c1-9-11-5-3-7-16(11)15-12(14-9)10-4-2-6-13-8-10/h2-8H,1H3. The van der Waals surface area contributed by atoms with E-state index >= 15 is 0 Å². The fourth-order valence-electron chi connectivity index (χ4n) is 1.70. The molecule has 0 aromatic carbocycles. The van der Waals surface area contributed by atoms with E-state index in [1.807, 2.05) is 41.9 Å². The van der Waals surface area contributed by atoms with Gasteiger partial charge >= 0.3 is 0 Å². The fraction of sp³-hybridized carbons (Fsp3) is 0.0833. The molecular weight excluding hydrogens is 200 g/mol. The Morgan fingerprint density at radius 2 is 2.12 bits per heavy atom. The maximum absolute atomic E-state index is 4.47. The Hall–Kier alpha value is -2.23. The minimum atomic E-state index is 0.703. The summed E-state index contributed by atoms with van der Waals surface area (Å²) in [6, 6.07) is 7.80. The summed E-state index contributed by atoms with van der Waals surface area (Å²) in [5.41, 5.74) is 2.94. The number of aromatic nitrogens is 4. The predicted molar refractivity (Wildman–Crippen MR) is 61.0 cm³/mol. The molecule has 0 saturated heterocycles. The summed E-state index contributed by atoms with van der Waals surface area (Å²) in [6.45, 7) is 1.98. The van der Waals surface area contributed by atoms with Crippen molar-refractivity contribution in [1.82, 2.24) is 19.6 Å². The molecule has 4 heteroatoms. The minimum Gasteiger partial charge on any atom is -0.264 e. The lowest BCUT2D eigenvalue weighted by Crippen LogP contribution is -1.99. The molecule has 78 valence electrons. The Morgan fingerprint density at radius 1 is 1.19 bits per heavy atom. The number of rotatable bonds is 1. The largest absolute Gasteiger partial charge is 0.264 e. The van der Waals surface area contributed by atoms with E-state index < -0.39 is 0 Å². The van der Waals surface area contributed by atoms with E-state index in [1.165, 1.54) is 0 Å². The number of hydrogen-bond donors (Lipinski definition) is 0. The molecule has 4 nitrogen and oxygen atoms in total. The van der Waals surface area contributed by atoms with Gasteiger partial charge in [-0.25, -0.2) is 9.50 Å². The molecule has 0 saturated carbocycles. The molecule has 0 radical (unpaired) electrons. The fourth-order valence-corrected chi connectivity index (χ4v) is 1.70. The molecule has 0 spiro atoms. The molecule has 0 aliphatic heterocycles. The van der Waals surface area contributed by atoms with Crippen LogP contribution in [0.1, 0.15) is 5.69 Å². The van der Waals surface area contributed by atoms with Crippen molar-refractivity contribution >= 4 is 5.52 Å². The molecule has 0 unspecified atom stereocenters. The SMILES string of the molecule is Cc1nc(-c2cccnc2)nn2cccc12. The van der Waals surface area contributed by atoms with Gasteiger partial charge in [-0.3, -0.25) is 4.98 Å². The lowest BCUT2D eigenvalue weighted by Gasteiger charge is -2.03. The number of aryl methyl sites for hydroxylation is 1. The molecule has 16 heavy (non-hydrogen) atoms. The van der Waals surface area contributed by atoms with Crippen molar-refractivity contribution in [3.63, 3.8) is 0 Å². The third kappa shape index (κ3) is 1.35. The van der Waals surface area contributed by atoms with Crippen molar-refractivity contribution in [2.75, 3.05) is 0 Å². The highest BCUT2D eigenvalue weighted by atomic mass is 15.2. The summed E-state index contributed by atoms with van der Waals surface area (Å²) in [6.07, 6.45) is 5.43. The first kappa shape index (κ1) is 9.03. The zero-order valence-corrected chi connectivity index (χ0v) is 8.83. The summed E-state index contributed by atoms with van der Waals surface area (Å²) in [5, 5.41) is 4.43. The van der Waals surface area contributed by atoms with Gasteiger partial charge in [0.1, 0.15) is 0 Å². The van der Waals surface area contributed by atoms with Crippen molar-refractivity contribution in [3.8, 4) is 11.4 Å². The zero-order chi connectivity index (χ0) is 11.0. The average molecular weight is 210 g/mol. The van der Waals surface area contributed by atoms with Crippen LogP contribution in [0.15, 0.2) is 42.9 Å². The first-order valence-electron chi connectivity index (χ1n) is 5.07.